The largest absolute Gasteiger partial charge is 0.344 e. The van der Waals surface area contributed by atoms with E-state index in [1.165, 1.54) is 42.0 Å². The van der Waals surface area contributed by atoms with Crippen LogP contribution in [0.3, 0.4) is 0 Å². The van der Waals surface area contributed by atoms with E-state index in [2.05, 4.69) is 109 Å². The molecule has 7 rings (SSSR count). The lowest BCUT2D eigenvalue weighted by molar-refractivity contribution is 1.01. The highest BCUT2D eigenvalue weighted by Gasteiger charge is 2.05. The van der Waals surface area contributed by atoms with Crippen molar-refractivity contribution in [2.24, 2.45) is 7.05 Å². The topological polar surface area (TPSA) is 4.93 Å². The number of hydrogen-bond acceptors (Lipinski definition) is 1. The van der Waals surface area contributed by atoms with E-state index in [9.17, 15) is 0 Å². The minimum absolute atomic E-state index is 1.30. The summed E-state index contributed by atoms with van der Waals surface area (Å²) in [6.07, 6.45) is 0. The van der Waals surface area contributed by atoms with Crippen LogP contribution in [0.15, 0.2) is 133 Å². The Bertz CT molecular complexity index is 1490. The van der Waals surface area contributed by atoms with Gasteiger partial charge < -0.3 is 4.57 Å². The Hall–Kier alpha value is -3.88. The average molecular weight is 594 g/mol. The van der Waals surface area contributed by atoms with Crippen LogP contribution >= 0.6 is 11.3 Å². The fraction of sp³-hybridized carbons (Fsp3) is 0.268. The summed E-state index contributed by atoms with van der Waals surface area (Å²) in [4.78, 5) is 0. The van der Waals surface area contributed by atoms with Crippen LogP contribution in [0.25, 0.3) is 42.0 Å². The van der Waals surface area contributed by atoms with Crippen molar-refractivity contribution in [1.29, 1.82) is 0 Å². The third-order valence-corrected chi connectivity index (χ3v) is 6.92. The minimum atomic E-state index is 1.30. The molecule has 7 aromatic rings. The highest BCUT2D eigenvalue weighted by molar-refractivity contribution is 7.25. The Morgan fingerprint density at radius 1 is 0.326 bits per heavy atom. The molecule has 0 fully saturated rings. The third kappa shape index (κ3) is 11.4. The molecule has 0 radical (unpaired) electrons. The van der Waals surface area contributed by atoms with Gasteiger partial charge in [0.2, 0.25) is 0 Å². The summed E-state index contributed by atoms with van der Waals surface area (Å²) in [5, 5.41) is 5.43. The van der Waals surface area contributed by atoms with Crippen LogP contribution in [-0.2, 0) is 7.05 Å². The Labute approximate surface area is 266 Å². The molecule has 2 aromatic heterocycles. The Morgan fingerprint density at radius 2 is 0.581 bits per heavy atom. The Kier molecular flexibility index (Phi) is 22.5. The molecule has 0 bridgehead atoms. The molecule has 0 unspecified atom stereocenters. The number of hydrogen-bond donors (Lipinski definition) is 0. The van der Waals surface area contributed by atoms with Gasteiger partial charge in [-0.3, -0.25) is 0 Å². The molecule has 5 aromatic carbocycles. The molecular formula is C41H55NS. The van der Waals surface area contributed by atoms with E-state index in [-0.39, 0.29) is 0 Å². The van der Waals surface area contributed by atoms with Crippen molar-refractivity contribution in [2.75, 3.05) is 0 Å². The van der Waals surface area contributed by atoms with E-state index in [0.29, 0.717) is 0 Å². The molecule has 43 heavy (non-hydrogen) atoms. The number of thiophene rings is 1. The molecule has 0 atom stereocenters. The van der Waals surface area contributed by atoms with Crippen molar-refractivity contribution >= 4 is 53.3 Å². The van der Waals surface area contributed by atoms with Crippen LogP contribution in [0.2, 0.25) is 0 Å². The molecule has 1 nitrogen and oxygen atoms in total. The standard InChI is InChI=1S/C13H11N.C12H8S.C6H6.5C2H6/c1-14-12-8-4-2-6-10(12)11-7-3-5-9-13(11)14;1-3-7-11-9(5-1)10-6-2-4-8-12(10)13-11;1-2-4-6-5-3-1;5*1-2/h2-9H,1H3;1-8H;1-6H;5*1-2H3. The minimum Gasteiger partial charge on any atom is -0.344 e. The van der Waals surface area contributed by atoms with Gasteiger partial charge in [-0.25, -0.2) is 0 Å². The first-order chi connectivity index (χ1) is 21.3. The van der Waals surface area contributed by atoms with E-state index in [1.54, 1.807) is 0 Å². The maximum Gasteiger partial charge on any atom is 0.0488 e. The first-order valence-corrected chi connectivity index (χ1v) is 16.9. The van der Waals surface area contributed by atoms with Gasteiger partial charge in [-0.2, -0.15) is 0 Å². The summed E-state index contributed by atoms with van der Waals surface area (Å²) in [7, 11) is 2.12. The van der Waals surface area contributed by atoms with E-state index in [1.807, 2.05) is 117 Å². The highest BCUT2D eigenvalue weighted by Crippen LogP contribution is 2.33. The van der Waals surface area contributed by atoms with Gasteiger partial charge in [-0.15, -0.1) is 11.3 Å². The number of para-hydroxylation sites is 2. The molecule has 0 aliphatic rings. The number of fused-ring (bicyclic) bond motifs is 6. The van der Waals surface area contributed by atoms with Crippen molar-refractivity contribution in [3.63, 3.8) is 0 Å². The van der Waals surface area contributed by atoms with Gasteiger partial charge in [0.1, 0.15) is 0 Å². The summed E-state index contributed by atoms with van der Waals surface area (Å²) in [5.41, 5.74) is 2.60. The van der Waals surface area contributed by atoms with Crippen LogP contribution < -0.4 is 0 Å². The van der Waals surface area contributed by atoms with Crippen LogP contribution in [-0.4, -0.2) is 4.57 Å². The predicted molar refractivity (Wildman–Crippen MR) is 203 cm³/mol. The van der Waals surface area contributed by atoms with Crippen molar-refractivity contribution in [1.82, 2.24) is 4.57 Å². The SMILES string of the molecule is CC.CC.CC.CC.CC.Cn1c2ccccc2c2ccccc21.c1ccc2c(c1)sc1ccccc12.c1ccccc1. The molecule has 2 heteroatoms. The van der Waals surface area contributed by atoms with E-state index in [4.69, 9.17) is 0 Å². The van der Waals surface area contributed by atoms with Crippen molar-refractivity contribution in [2.45, 2.75) is 69.2 Å². The molecule has 0 amide bonds. The van der Waals surface area contributed by atoms with Crippen LogP contribution in [0, 0.1) is 0 Å². The van der Waals surface area contributed by atoms with Crippen LogP contribution in [0.5, 0.6) is 0 Å². The molecule has 230 valence electrons. The molecule has 0 saturated carbocycles. The maximum absolute atomic E-state index is 2.24. The molecule has 0 N–H and O–H groups in total. The Morgan fingerprint density at radius 3 is 0.907 bits per heavy atom. The average Bonchev–Trinajstić information content (AvgIpc) is 3.66. The highest BCUT2D eigenvalue weighted by atomic mass is 32.1. The predicted octanol–water partition coefficient (Wildman–Crippen LogP) is 14.2. The summed E-state index contributed by atoms with van der Waals surface area (Å²) >= 11 is 1.86. The van der Waals surface area contributed by atoms with Gasteiger partial charge in [0.15, 0.2) is 0 Å². The normalized spacial score (nSPS) is 8.81. The van der Waals surface area contributed by atoms with Gasteiger partial charge in [-0.1, -0.05) is 178 Å². The fourth-order valence-corrected chi connectivity index (χ4v) is 5.28. The van der Waals surface area contributed by atoms with Crippen LogP contribution in [0.1, 0.15) is 69.2 Å². The monoisotopic (exact) mass is 593 g/mol. The summed E-state index contributed by atoms with van der Waals surface area (Å²) in [6.45, 7) is 20.0. The van der Waals surface area contributed by atoms with Crippen molar-refractivity contribution in [3.8, 4) is 0 Å². The second-order valence-corrected chi connectivity index (χ2v) is 8.93. The second kappa shape index (κ2) is 24.7. The lowest BCUT2D eigenvalue weighted by Crippen LogP contribution is -1.84. The first kappa shape index (κ1) is 39.1. The molecule has 2 heterocycles. The molecule has 0 aliphatic carbocycles. The zero-order chi connectivity index (χ0) is 32.5. The fourth-order valence-electron chi connectivity index (χ4n) is 4.18. The maximum atomic E-state index is 2.24. The van der Waals surface area contributed by atoms with Gasteiger partial charge in [0, 0.05) is 49.0 Å². The summed E-state index contributed by atoms with van der Waals surface area (Å²) in [5.74, 6) is 0. The number of benzene rings is 5. The van der Waals surface area contributed by atoms with Gasteiger partial charge in [0.25, 0.3) is 0 Å². The van der Waals surface area contributed by atoms with E-state index in [0.717, 1.165) is 0 Å². The smallest absolute Gasteiger partial charge is 0.0488 e. The van der Waals surface area contributed by atoms with Crippen molar-refractivity contribution < 1.29 is 0 Å². The third-order valence-electron chi connectivity index (χ3n) is 5.77. The number of rotatable bonds is 0. The summed E-state index contributed by atoms with van der Waals surface area (Å²) < 4.78 is 5.00. The number of aromatic nitrogens is 1. The van der Waals surface area contributed by atoms with Crippen molar-refractivity contribution in [3.05, 3.63) is 133 Å². The lowest BCUT2D eigenvalue weighted by atomic mass is 10.2. The zero-order valence-electron chi connectivity index (χ0n) is 28.6. The first-order valence-electron chi connectivity index (χ1n) is 16.1. The van der Waals surface area contributed by atoms with Gasteiger partial charge in [-0.05, 0) is 24.3 Å². The van der Waals surface area contributed by atoms with Gasteiger partial charge in [0.05, 0.1) is 0 Å². The molecule has 0 aliphatic heterocycles. The molecule has 0 saturated heterocycles. The second-order valence-electron chi connectivity index (χ2n) is 7.84. The summed E-state index contributed by atoms with van der Waals surface area (Å²) in [6, 6.07) is 46.2. The van der Waals surface area contributed by atoms with E-state index < -0.39 is 0 Å². The molecular weight excluding hydrogens is 539 g/mol. The van der Waals surface area contributed by atoms with Gasteiger partial charge >= 0.3 is 0 Å². The number of nitrogens with zero attached hydrogens (tertiary/aromatic N) is 1. The Balaban J connectivity index is 0.000000561. The lowest BCUT2D eigenvalue weighted by Gasteiger charge is -1.95. The van der Waals surface area contributed by atoms with E-state index >= 15 is 0 Å². The molecule has 0 spiro atoms. The zero-order valence-corrected chi connectivity index (χ0v) is 29.4. The number of aryl methyl sites for hydroxylation is 1. The quantitative estimate of drug-likeness (QED) is 0.165. The van der Waals surface area contributed by atoms with Crippen LogP contribution in [0.4, 0.5) is 0 Å².